The van der Waals surface area contributed by atoms with E-state index in [4.69, 9.17) is 0 Å². The highest BCUT2D eigenvalue weighted by molar-refractivity contribution is 5.80. The summed E-state index contributed by atoms with van der Waals surface area (Å²) in [6.45, 7) is 2.96. The van der Waals surface area contributed by atoms with Gasteiger partial charge in [-0.1, -0.05) is 12.1 Å². The van der Waals surface area contributed by atoms with Crippen LogP contribution in [0, 0.1) is 5.92 Å². The minimum absolute atomic E-state index is 0.0905. The van der Waals surface area contributed by atoms with Gasteiger partial charge in [-0.15, -0.1) is 0 Å². The molecule has 4 heteroatoms. The molecule has 0 spiro atoms. The summed E-state index contributed by atoms with van der Waals surface area (Å²) in [6.07, 6.45) is 1.90. The van der Waals surface area contributed by atoms with Gasteiger partial charge in [0.2, 0.25) is 5.91 Å². The minimum atomic E-state index is 0.0905. The van der Waals surface area contributed by atoms with Crippen molar-refractivity contribution >= 4 is 11.7 Å². The van der Waals surface area contributed by atoms with Gasteiger partial charge in [-0.2, -0.15) is 0 Å². The average molecular weight is 261 g/mol. The molecule has 1 aromatic carbocycles. The largest absolute Gasteiger partial charge is 0.508 e. The highest BCUT2D eigenvalue weighted by Gasteiger charge is 2.24. The first-order valence-electron chi connectivity index (χ1n) is 6.62. The van der Waals surface area contributed by atoms with Gasteiger partial charge in [0.1, 0.15) is 11.5 Å². The molecule has 1 saturated heterocycles. The monoisotopic (exact) mass is 261 g/mol. The van der Waals surface area contributed by atoms with Crippen LogP contribution in [0.4, 0.5) is 0 Å². The standard InChI is InChI=1S/C15H19NO3/c1-11(17)13-6-8-16(9-7-13)15(19)10-12-2-4-14(18)5-3-12/h2-5,13,18H,6-10H2,1H3. The first-order valence-corrected chi connectivity index (χ1v) is 6.62. The molecule has 1 fully saturated rings. The second-order valence-electron chi connectivity index (χ2n) is 5.11. The number of carbonyl (C=O) groups is 2. The molecule has 4 nitrogen and oxygen atoms in total. The van der Waals surface area contributed by atoms with Crippen LogP contribution in [0.15, 0.2) is 24.3 Å². The molecule has 0 unspecified atom stereocenters. The van der Waals surface area contributed by atoms with Crippen LogP contribution in [-0.2, 0) is 16.0 Å². The van der Waals surface area contributed by atoms with Gasteiger partial charge in [0, 0.05) is 19.0 Å². The van der Waals surface area contributed by atoms with Crippen LogP contribution in [0.1, 0.15) is 25.3 Å². The molecule has 1 amide bonds. The van der Waals surface area contributed by atoms with Gasteiger partial charge in [-0.25, -0.2) is 0 Å². The Labute approximate surface area is 113 Å². The summed E-state index contributed by atoms with van der Waals surface area (Å²) in [4.78, 5) is 25.2. The molecule has 1 N–H and O–H groups in total. The first-order chi connectivity index (χ1) is 9.06. The van der Waals surface area contributed by atoms with E-state index in [1.165, 1.54) is 0 Å². The number of rotatable bonds is 3. The van der Waals surface area contributed by atoms with Crippen LogP contribution < -0.4 is 0 Å². The van der Waals surface area contributed by atoms with Crippen LogP contribution in [0.3, 0.4) is 0 Å². The highest BCUT2D eigenvalue weighted by atomic mass is 16.3. The second kappa shape index (κ2) is 5.87. The third-order valence-electron chi connectivity index (χ3n) is 3.71. The molecule has 2 rings (SSSR count). The molecule has 0 atom stereocenters. The maximum Gasteiger partial charge on any atom is 0.226 e. The number of benzene rings is 1. The van der Waals surface area contributed by atoms with Crippen molar-refractivity contribution in [1.82, 2.24) is 4.90 Å². The lowest BCUT2D eigenvalue weighted by atomic mass is 9.93. The summed E-state index contributed by atoms with van der Waals surface area (Å²) in [5.41, 5.74) is 0.900. The lowest BCUT2D eigenvalue weighted by Crippen LogP contribution is -2.40. The van der Waals surface area contributed by atoms with Crippen LogP contribution >= 0.6 is 0 Å². The van der Waals surface area contributed by atoms with Crippen molar-refractivity contribution in [2.45, 2.75) is 26.2 Å². The quantitative estimate of drug-likeness (QED) is 0.902. The Morgan fingerprint density at radius 2 is 1.79 bits per heavy atom. The van der Waals surface area contributed by atoms with E-state index in [0.29, 0.717) is 19.5 Å². The van der Waals surface area contributed by atoms with Crippen molar-refractivity contribution in [1.29, 1.82) is 0 Å². The molecule has 19 heavy (non-hydrogen) atoms. The van der Waals surface area contributed by atoms with Crippen LogP contribution in [0.25, 0.3) is 0 Å². The number of phenols is 1. The van der Waals surface area contributed by atoms with Crippen LogP contribution in [0.5, 0.6) is 5.75 Å². The maximum atomic E-state index is 12.1. The van der Waals surface area contributed by atoms with Crippen molar-refractivity contribution in [3.8, 4) is 5.75 Å². The Bertz CT molecular complexity index is 459. The Morgan fingerprint density at radius 3 is 2.32 bits per heavy atom. The molecule has 1 aliphatic rings. The second-order valence-corrected chi connectivity index (χ2v) is 5.11. The predicted octanol–water partition coefficient (Wildman–Crippen LogP) is 1.76. The molecule has 1 heterocycles. The topological polar surface area (TPSA) is 57.6 Å². The van der Waals surface area contributed by atoms with E-state index in [1.807, 2.05) is 4.90 Å². The molecular formula is C15H19NO3. The smallest absolute Gasteiger partial charge is 0.226 e. The van der Waals surface area contributed by atoms with Gasteiger partial charge < -0.3 is 10.0 Å². The fourth-order valence-electron chi connectivity index (χ4n) is 2.44. The maximum absolute atomic E-state index is 12.1. The van der Waals surface area contributed by atoms with E-state index in [0.717, 1.165) is 18.4 Å². The molecule has 0 saturated carbocycles. The SMILES string of the molecule is CC(=O)C1CCN(C(=O)Cc2ccc(O)cc2)CC1. The van der Waals surface area contributed by atoms with E-state index in [9.17, 15) is 14.7 Å². The summed E-state index contributed by atoms with van der Waals surface area (Å²) < 4.78 is 0. The van der Waals surface area contributed by atoms with Crippen molar-refractivity contribution in [3.63, 3.8) is 0 Å². The number of aromatic hydroxyl groups is 1. The zero-order valence-electron chi connectivity index (χ0n) is 11.1. The minimum Gasteiger partial charge on any atom is -0.508 e. The number of piperidine rings is 1. The number of hydrogen-bond donors (Lipinski definition) is 1. The predicted molar refractivity (Wildman–Crippen MR) is 71.8 cm³/mol. The Kier molecular flexibility index (Phi) is 4.20. The van der Waals surface area contributed by atoms with Gasteiger partial charge in [0.15, 0.2) is 0 Å². The Balaban J connectivity index is 1.88. The van der Waals surface area contributed by atoms with Gasteiger partial charge in [0.05, 0.1) is 6.42 Å². The molecule has 0 aromatic heterocycles. The molecular weight excluding hydrogens is 242 g/mol. The zero-order valence-corrected chi connectivity index (χ0v) is 11.1. The van der Waals surface area contributed by atoms with Gasteiger partial charge >= 0.3 is 0 Å². The fourth-order valence-corrected chi connectivity index (χ4v) is 2.44. The molecule has 1 aliphatic heterocycles. The van der Waals surface area contributed by atoms with Crippen LogP contribution in [0.2, 0.25) is 0 Å². The van der Waals surface area contributed by atoms with Gasteiger partial charge in [0.25, 0.3) is 0 Å². The first kappa shape index (κ1) is 13.6. The summed E-state index contributed by atoms with van der Waals surface area (Å²) in [5, 5.41) is 9.19. The van der Waals surface area contributed by atoms with Crippen LogP contribution in [-0.4, -0.2) is 34.8 Å². The fraction of sp³-hybridized carbons (Fsp3) is 0.467. The number of likely N-dealkylation sites (tertiary alicyclic amines) is 1. The number of carbonyl (C=O) groups excluding carboxylic acids is 2. The average Bonchev–Trinajstić information content (AvgIpc) is 2.41. The molecule has 1 aromatic rings. The van der Waals surface area contributed by atoms with Gasteiger partial charge in [-0.3, -0.25) is 9.59 Å². The van der Waals surface area contributed by atoms with E-state index < -0.39 is 0 Å². The molecule has 0 aliphatic carbocycles. The van der Waals surface area contributed by atoms with E-state index in [-0.39, 0.29) is 23.4 Å². The lowest BCUT2D eigenvalue weighted by Gasteiger charge is -2.31. The number of phenolic OH excluding ortho intramolecular Hbond substituents is 1. The van der Waals surface area contributed by atoms with Crippen molar-refractivity contribution in [2.24, 2.45) is 5.92 Å². The summed E-state index contributed by atoms with van der Waals surface area (Å²) >= 11 is 0. The molecule has 0 bridgehead atoms. The number of ketones is 1. The summed E-state index contributed by atoms with van der Waals surface area (Å²) in [6, 6.07) is 6.69. The molecule has 0 radical (unpaired) electrons. The highest BCUT2D eigenvalue weighted by Crippen LogP contribution is 2.19. The third-order valence-corrected chi connectivity index (χ3v) is 3.71. The van der Waals surface area contributed by atoms with E-state index in [1.54, 1.807) is 31.2 Å². The number of hydrogen-bond acceptors (Lipinski definition) is 3. The number of amides is 1. The summed E-state index contributed by atoms with van der Waals surface area (Å²) in [5.74, 6) is 0.648. The molecule has 102 valence electrons. The van der Waals surface area contributed by atoms with E-state index in [2.05, 4.69) is 0 Å². The van der Waals surface area contributed by atoms with Crippen molar-refractivity contribution < 1.29 is 14.7 Å². The van der Waals surface area contributed by atoms with Gasteiger partial charge in [-0.05, 0) is 37.5 Å². The summed E-state index contributed by atoms with van der Waals surface area (Å²) in [7, 11) is 0. The normalized spacial score (nSPS) is 16.4. The number of Topliss-reactive ketones (excluding diaryl/α,β-unsaturated/α-hetero) is 1. The lowest BCUT2D eigenvalue weighted by molar-refractivity contribution is -0.134. The Hall–Kier alpha value is -1.84. The van der Waals surface area contributed by atoms with Crippen molar-refractivity contribution in [3.05, 3.63) is 29.8 Å². The zero-order chi connectivity index (χ0) is 13.8. The Morgan fingerprint density at radius 1 is 1.21 bits per heavy atom. The van der Waals surface area contributed by atoms with E-state index >= 15 is 0 Å². The van der Waals surface area contributed by atoms with Crippen molar-refractivity contribution in [2.75, 3.05) is 13.1 Å². The third kappa shape index (κ3) is 3.56. The number of nitrogens with zero attached hydrogens (tertiary/aromatic N) is 1.